The summed E-state index contributed by atoms with van der Waals surface area (Å²) in [6, 6.07) is 0. The highest BCUT2D eigenvalue weighted by Crippen LogP contribution is 2.09. The van der Waals surface area contributed by atoms with Crippen molar-refractivity contribution >= 4 is 5.91 Å². The summed E-state index contributed by atoms with van der Waals surface area (Å²) in [6.07, 6.45) is 2.71. The number of primary amides is 1. The fraction of sp³-hybridized carbons (Fsp3) is 0.286. The van der Waals surface area contributed by atoms with Crippen LogP contribution in [0.25, 0.3) is 0 Å². The molecule has 0 aliphatic rings. The molecule has 6 heteroatoms. The summed E-state index contributed by atoms with van der Waals surface area (Å²) < 4.78 is 4.92. The van der Waals surface area contributed by atoms with Crippen molar-refractivity contribution < 1.29 is 14.6 Å². The van der Waals surface area contributed by atoms with Crippen LogP contribution in [-0.4, -0.2) is 34.2 Å². The SMILES string of the molecule is NC(=O)c1nccnc1OCCO. The standard InChI is InChI=1S/C7H9N3O3/c8-6(12)5-7(13-4-3-11)10-2-1-9-5/h1-2,11H,3-4H2,(H2,8,12). The number of nitrogens with two attached hydrogens (primary N) is 1. The molecule has 0 fully saturated rings. The summed E-state index contributed by atoms with van der Waals surface area (Å²) in [5, 5.41) is 8.47. The van der Waals surface area contributed by atoms with Crippen molar-refractivity contribution in [3.63, 3.8) is 0 Å². The maximum absolute atomic E-state index is 10.8. The van der Waals surface area contributed by atoms with Gasteiger partial charge >= 0.3 is 0 Å². The van der Waals surface area contributed by atoms with Crippen LogP contribution in [0.4, 0.5) is 0 Å². The van der Waals surface area contributed by atoms with Gasteiger partial charge in [0.1, 0.15) is 6.61 Å². The Morgan fingerprint density at radius 3 is 2.85 bits per heavy atom. The van der Waals surface area contributed by atoms with Gasteiger partial charge in [0.25, 0.3) is 5.91 Å². The Kier molecular flexibility index (Phi) is 3.15. The van der Waals surface area contributed by atoms with Gasteiger partial charge in [0, 0.05) is 12.4 Å². The predicted molar refractivity (Wildman–Crippen MR) is 43.1 cm³/mol. The molecule has 0 saturated carbocycles. The van der Waals surface area contributed by atoms with Gasteiger partial charge in [-0.25, -0.2) is 9.97 Å². The predicted octanol–water partition coefficient (Wildman–Crippen LogP) is -1.05. The number of aromatic nitrogens is 2. The second kappa shape index (κ2) is 4.36. The van der Waals surface area contributed by atoms with Crippen LogP contribution in [-0.2, 0) is 0 Å². The van der Waals surface area contributed by atoms with Crippen LogP contribution in [0.2, 0.25) is 0 Å². The lowest BCUT2D eigenvalue weighted by Gasteiger charge is -2.04. The molecule has 0 saturated heterocycles. The van der Waals surface area contributed by atoms with E-state index in [1.165, 1.54) is 12.4 Å². The van der Waals surface area contributed by atoms with Gasteiger partial charge in [-0.1, -0.05) is 0 Å². The van der Waals surface area contributed by atoms with E-state index in [0.29, 0.717) is 0 Å². The molecule has 6 nitrogen and oxygen atoms in total. The molecule has 0 atom stereocenters. The molecule has 1 amide bonds. The number of hydrogen-bond donors (Lipinski definition) is 2. The molecule has 1 aromatic rings. The number of carbonyl (C=O) groups is 1. The number of rotatable bonds is 4. The first-order valence-corrected chi connectivity index (χ1v) is 3.60. The quantitative estimate of drug-likeness (QED) is 0.620. The molecular weight excluding hydrogens is 174 g/mol. The zero-order valence-corrected chi connectivity index (χ0v) is 6.80. The number of aliphatic hydroxyl groups excluding tert-OH is 1. The van der Waals surface area contributed by atoms with Crippen molar-refractivity contribution in [3.05, 3.63) is 18.1 Å². The molecule has 0 unspecified atom stereocenters. The van der Waals surface area contributed by atoms with E-state index in [4.69, 9.17) is 15.6 Å². The van der Waals surface area contributed by atoms with E-state index < -0.39 is 5.91 Å². The van der Waals surface area contributed by atoms with Crippen molar-refractivity contribution in [1.29, 1.82) is 0 Å². The minimum absolute atomic E-state index is 0.0315. The van der Waals surface area contributed by atoms with E-state index in [2.05, 4.69) is 9.97 Å². The third-order valence-corrected chi connectivity index (χ3v) is 1.23. The first kappa shape index (κ1) is 9.40. The highest BCUT2D eigenvalue weighted by Gasteiger charge is 2.11. The number of amides is 1. The summed E-state index contributed by atoms with van der Waals surface area (Å²) >= 11 is 0. The summed E-state index contributed by atoms with van der Waals surface area (Å²) in [4.78, 5) is 18.2. The van der Waals surface area contributed by atoms with E-state index >= 15 is 0 Å². The molecule has 0 bridgehead atoms. The largest absolute Gasteiger partial charge is 0.474 e. The zero-order valence-electron chi connectivity index (χ0n) is 6.80. The van der Waals surface area contributed by atoms with Crippen molar-refractivity contribution in [2.75, 3.05) is 13.2 Å². The molecular formula is C7H9N3O3. The molecule has 13 heavy (non-hydrogen) atoms. The van der Waals surface area contributed by atoms with Crippen LogP contribution in [0.1, 0.15) is 10.5 Å². The van der Waals surface area contributed by atoms with Crippen LogP contribution in [0, 0.1) is 0 Å². The van der Waals surface area contributed by atoms with Gasteiger partial charge in [-0.2, -0.15) is 0 Å². The third kappa shape index (κ3) is 2.38. The van der Waals surface area contributed by atoms with Crippen LogP contribution in [0.3, 0.4) is 0 Å². The third-order valence-electron chi connectivity index (χ3n) is 1.23. The fourth-order valence-electron chi connectivity index (χ4n) is 0.742. The second-order valence-corrected chi connectivity index (χ2v) is 2.15. The lowest BCUT2D eigenvalue weighted by molar-refractivity contribution is 0.0988. The number of carbonyl (C=O) groups excluding carboxylic acids is 1. The summed E-state index contributed by atoms with van der Waals surface area (Å²) in [5.74, 6) is -0.662. The maximum atomic E-state index is 10.8. The van der Waals surface area contributed by atoms with Gasteiger partial charge in [0.15, 0.2) is 5.69 Å². The Hall–Kier alpha value is -1.69. The molecule has 0 radical (unpaired) electrons. The molecule has 0 aliphatic carbocycles. The zero-order chi connectivity index (χ0) is 9.68. The Morgan fingerprint density at radius 1 is 1.54 bits per heavy atom. The molecule has 0 aromatic carbocycles. The smallest absolute Gasteiger partial charge is 0.272 e. The Labute approximate surface area is 74.4 Å². The van der Waals surface area contributed by atoms with E-state index in [9.17, 15) is 4.79 Å². The van der Waals surface area contributed by atoms with Gasteiger partial charge in [-0.15, -0.1) is 0 Å². The van der Waals surface area contributed by atoms with Crippen LogP contribution in [0.5, 0.6) is 5.88 Å². The monoisotopic (exact) mass is 183 g/mol. The Morgan fingerprint density at radius 2 is 2.23 bits per heavy atom. The first-order chi connectivity index (χ1) is 6.25. The van der Waals surface area contributed by atoms with Gasteiger partial charge in [0.05, 0.1) is 6.61 Å². The van der Waals surface area contributed by atoms with Crippen molar-refractivity contribution in [1.82, 2.24) is 9.97 Å². The highest BCUT2D eigenvalue weighted by atomic mass is 16.5. The Bertz CT molecular complexity index is 303. The van der Waals surface area contributed by atoms with Crippen molar-refractivity contribution in [2.24, 2.45) is 5.73 Å². The minimum atomic E-state index is -0.707. The molecule has 0 aliphatic heterocycles. The molecule has 1 aromatic heterocycles. The van der Waals surface area contributed by atoms with Crippen LogP contribution >= 0.6 is 0 Å². The Balaban J connectivity index is 2.84. The van der Waals surface area contributed by atoms with Gasteiger partial charge in [-0.3, -0.25) is 4.79 Å². The lowest BCUT2D eigenvalue weighted by atomic mass is 10.4. The molecule has 3 N–H and O–H groups in total. The summed E-state index contributed by atoms with van der Waals surface area (Å²) in [7, 11) is 0. The van der Waals surface area contributed by atoms with Crippen LogP contribution in [0.15, 0.2) is 12.4 Å². The lowest BCUT2D eigenvalue weighted by Crippen LogP contribution is -2.16. The molecule has 1 rings (SSSR count). The average Bonchev–Trinajstić information content (AvgIpc) is 2.15. The average molecular weight is 183 g/mol. The van der Waals surface area contributed by atoms with Crippen molar-refractivity contribution in [2.45, 2.75) is 0 Å². The van der Waals surface area contributed by atoms with Gasteiger partial charge < -0.3 is 15.6 Å². The summed E-state index contributed by atoms with van der Waals surface area (Å²) in [6.45, 7) is -0.103. The van der Waals surface area contributed by atoms with E-state index in [1.54, 1.807) is 0 Å². The second-order valence-electron chi connectivity index (χ2n) is 2.15. The fourth-order valence-corrected chi connectivity index (χ4v) is 0.742. The minimum Gasteiger partial charge on any atom is -0.474 e. The number of nitrogens with zero attached hydrogens (tertiary/aromatic N) is 2. The van der Waals surface area contributed by atoms with Gasteiger partial charge in [0.2, 0.25) is 5.88 Å². The van der Waals surface area contributed by atoms with Crippen LogP contribution < -0.4 is 10.5 Å². The topological polar surface area (TPSA) is 98.3 Å². The first-order valence-electron chi connectivity index (χ1n) is 3.60. The number of aliphatic hydroxyl groups is 1. The van der Waals surface area contributed by atoms with Crippen molar-refractivity contribution in [3.8, 4) is 5.88 Å². The molecule has 0 spiro atoms. The molecule has 70 valence electrons. The summed E-state index contributed by atoms with van der Waals surface area (Å²) in [5.41, 5.74) is 4.97. The van der Waals surface area contributed by atoms with E-state index in [1.807, 2.05) is 0 Å². The maximum Gasteiger partial charge on any atom is 0.272 e. The highest BCUT2D eigenvalue weighted by molar-refractivity contribution is 5.92. The number of ether oxygens (including phenoxy) is 1. The number of hydrogen-bond acceptors (Lipinski definition) is 5. The van der Waals surface area contributed by atoms with E-state index in [0.717, 1.165) is 0 Å². The van der Waals surface area contributed by atoms with Gasteiger partial charge in [-0.05, 0) is 0 Å². The molecule has 1 heterocycles. The van der Waals surface area contributed by atoms with E-state index in [-0.39, 0.29) is 24.8 Å². The normalized spacial score (nSPS) is 9.62.